The molecule has 1 atom stereocenters. The van der Waals surface area contributed by atoms with Gasteiger partial charge in [-0.05, 0) is 19.3 Å². The van der Waals surface area contributed by atoms with E-state index in [1.54, 1.807) is 7.05 Å². The summed E-state index contributed by atoms with van der Waals surface area (Å²) in [5.41, 5.74) is 0. The van der Waals surface area contributed by atoms with E-state index in [4.69, 9.17) is 0 Å². The molecule has 6 heteroatoms. The fourth-order valence-corrected chi connectivity index (χ4v) is 1.26. The third kappa shape index (κ3) is 12.3. The van der Waals surface area contributed by atoms with Crippen LogP contribution in [0.3, 0.4) is 0 Å². The number of nitrogens with one attached hydrogen (secondary N) is 3. The van der Waals surface area contributed by atoms with Gasteiger partial charge >= 0.3 is 0 Å². The molecular weight excluding hydrogens is 355 g/mol. The first-order valence-electron chi connectivity index (χ1n) is 6.73. The fraction of sp³-hybridized carbons (Fsp3) is 0.846. The summed E-state index contributed by atoms with van der Waals surface area (Å²) < 4.78 is 0. The molecule has 1 amide bonds. The Labute approximate surface area is 134 Å². The van der Waals surface area contributed by atoms with Gasteiger partial charge in [0.1, 0.15) is 0 Å². The smallest absolute Gasteiger partial charge is 0.221 e. The monoisotopic (exact) mass is 384 g/mol. The van der Waals surface area contributed by atoms with Crippen molar-refractivity contribution in [2.45, 2.75) is 46.6 Å². The van der Waals surface area contributed by atoms with Crippen molar-refractivity contribution in [3.05, 3.63) is 0 Å². The van der Waals surface area contributed by atoms with Crippen molar-refractivity contribution >= 4 is 35.8 Å². The second kappa shape index (κ2) is 12.5. The molecule has 1 unspecified atom stereocenters. The fourth-order valence-electron chi connectivity index (χ4n) is 1.26. The van der Waals surface area contributed by atoms with Crippen molar-refractivity contribution in [1.82, 2.24) is 16.0 Å². The third-order valence-corrected chi connectivity index (χ3v) is 2.57. The molecule has 3 N–H and O–H groups in total. The van der Waals surface area contributed by atoms with Gasteiger partial charge in [0.2, 0.25) is 5.91 Å². The van der Waals surface area contributed by atoms with Crippen LogP contribution < -0.4 is 16.0 Å². The van der Waals surface area contributed by atoms with Crippen molar-refractivity contribution in [2.24, 2.45) is 10.9 Å². The molecule has 5 nitrogen and oxygen atoms in total. The number of aliphatic imine (C=N–C) groups is 1. The normalized spacial score (nSPS) is 12.6. The first-order chi connectivity index (χ1) is 8.49. The largest absolute Gasteiger partial charge is 0.356 e. The molecule has 0 heterocycles. The summed E-state index contributed by atoms with van der Waals surface area (Å²) in [7, 11) is 1.73. The summed E-state index contributed by atoms with van der Waals surface area (Å²) >= 11 is 0. The Balaban J connectivity index is 0. The molecule has 0 saturated heterocycles. The Hall–Kier alpha value is -0.530. The van der Waals surface area contributed by atoms with E-state index in [-0.39, 0.29) is 35.9 Å². The van der Waals surface area contributed by atoms with Crippen molar-refractivity contribution < 1.29 is 4.79 Å². The van der Waals surface area contributed by atoms with Gasteiger partial charge in [0.05, 0.1) is 0 Å². The van der Waals surface area contributed by atoms with E-state index in [9.17, 15) is 4.79 Å². The number of carbonyl (C=O) groups is 1. The lowest BCUT2D eigenvalue weighted by atomic mass is 10.2. The number of hydrogen-bond donors (Lipinski definition) is 3. The molecule has 0 aromatic heterocycles. The van der Waals surface area contributed by atoms with Gasteiger partial charge in [-0.25, -0.2) is 0 Å². The topological polar surface area (TPSA) is 65.5 Å². The summed E-state index contributed by atoms with van der Waals surface area (Å²) in [5.74, 6) is 1.40. The predicted molar refractivity (Wildman–Crippen MR) is 92.1 cm³/mol. The molecule has 0 rings (SSSR count). The van der Waals surface area contributed by atoms with Gasteiger partial charge in [-0.2, -0.15) is 0 Å². The SMILES string of the molecule is CCC(C)NC(=O)CCNC(=NC)NCC(C)C.I. The Morgan fingerprint density at radius 2 is 1.84 bits per heavy atom. The van der Waals surface area contributed by atoms with Crippen LogP contribution in [0, 0.1) is 5.92 Å². The van der Waals surface area contributed by atoms with Crippen molar-refractivity contribution in [1.29, 1.82) is 0 Å². The van der Waals surface area contributed by atoms with Crippen molar-refractivity contribution in [3.8, 4) is 0 Å². The van der Waals surface area contributed by atoms with Crippen molar-refractivity contribution in [3.63, 3.8) is 0 Å². The number of hydrogen-bond acceptors (Lipinski definition) is 2. The van der Waals surface area contributed by atoms with Crippen molar-refractivity contribution in [2.75, 3.05) is 20.1 Å². The standard InChI is InChI=1S/C13H28N4O.HI/c1-6-11(4)17-12(18)7-8-15-13(14-5)16-9-10(2)3;/h10-11H,6-9H2,1-5H3,(H,17,18)(H2,14,15,16);1H. The number of carbonyl (C=O) groups excluding carboxylic acids is 1. The number of halogens is 1. The maximum atomic E-state index is 11.5. The molecule has 0 aromatic rings. The highest BCUT2D eigenvalue weighted by Crippen LogP contribution is 1.89. The van der Waals surface area contributed by atoms with E-state index in [1.807, 2.05) is 6.92 Å². The van der Waals surface area contributed by atoms with Crippen LogP contribution in [0.15, 0.2) is 4.99 Å². The van der Waals surface area contributed by atoms with Crippen LogP contribution in [0.25, 0.3) is 0 Å². The van der Waals surface area contributed by atoms with Crippen LogP contribution in [0.4, 0.5) is 0 Å². The number of guanidine groups is 1. The highest BCUT2D eigenvalue weighted by molar-refractivity contribution is 14.0. The second-order valence-corrected chi connectivity index (χ2v) is 4.90. The number of amides is 1. The highest BCUT2D eigenvalue weighted by Gasteiger charge is 2.05. The third-order valence-electron chi connectivity index (χ3n) is 2.57. The molecule has 0 saturated carbocycles. The highest BCUT2D eigenvalue weighted by atomic mass is 127. The molecule has 0 bridgehead atoms. The summed E-state index contributed by atoms with van der Waals surface area (Å²) in [5, 5.41) is 9.26. The predicted octanol–water partition coefficient (Wildman–Crippen LogP) is 1.73. The Bertz CT molecular complexity index is 269. The van der Waals surface area contributed by atoms with E-state index in [1.165, 1.54) is 0 Å². The minimum atomic E-state index is 0. The van der Waals surface area contributed by atoms with Gasteiger partial charge in [-0.15, -0.1) is 24.0 Å². The summed E-state index contributed by atoms with van der Waals surface area (Å²) in [4.78, 5) is 15.6. The average molecular weight is 384 g/mol. The summed E-state index contributed by atoms with van der Waals surface area (Å²) in [6, 6.07) is 0.246. The van der Waals surface area contributed by atoms with Crippen LogP contribution in [0.5, 0.6) is 0 Å². The summed E-state index contributed by atoms with van der Waals surface area (Å²) in [6.45, 7) is 9.81. The molecule has 0 aliphatic rings. The lowest BCUT2D eigenvalue weighted by Gasteiger charge is -2.14. The van der Waals surface area contributed by atoms with Gasteiger partial charge in [0, 0.05) is 32.6 Å². The first kappa shape index (κ1) is 20.8. The van der Waals surface area contributed by atoms with Gasteiger partial charge in [-0.1, -0.05) is 20.8 Å². The molecule has 114 valence electrons. The first-order valence-corrected chi connectivity index (χ1v) is 6.73. The Morgan fingerprint density at radius 3 is 2.32 bits per heavy atom. The Kier molecular flexibility index (Phi) is 13.7. The van der Waals surface area contributed by atoms with Gasteiger partial charge in [-0.3, -0.25) is 9.79 Å². The van der Waals surface area contributed by atoms with Gasteiger partial charge in [0.15, 0.2) is 5.96 Å². The van der Waals surface area contributed by atoms with E-state index in [0.29, 0.717) is 18.9 Å². The van der Waals surface area contributed by atoms with Crippen LogP contribution >= 0.6 is 24.0 Å². The lowest BCUT2D eigenvalue weighted by Crippen LogP contribution is -2.41. The molecule has 0 aliphatic carbocycles. The average Bonchev–Trinajstić information content (AvgIpc) is 2.32. The van der Waals surface area contributed by atoms with E-state index in [0.717, 1.165) is 18.9 Å². The minimum Gasteiger partial charge on any atom is -0.356 e. The molecule has 0 aromatic carbocycles. The zero-order chi connectivity index (χ0) is 14.0. The second-order valence-electron chi connectivity index (χ2n) is 4.90. The zero-order valence-electron chi connectivity index (χ0n) is 12.7. The molecule has 0 fully saturated rings. The van der Waals surface area contributed by atoms with Gasteiger partial charge < -0.3 is 16.0 Å². The zero-order valence-corrected chi connectivity index (χ0v) is 15.1. The molecule has 19 heavy (non-hydrogen) atoms. The van der Waals surface area contributed by atoms with E-state index >= 15 is 0 Å². The summed E-state index contributed by atoms with van der Waals surface area (Å²) in [6.07, 6.45) is 1.42. The number of nitrogens with zero attached hydrogens (tertiary/aromatic N) is 1. The van der Waals surface area contributed by atoms with Crippen LogP contribution in [-0.4, -0.2) is 38.0 Å². The molecule has 0 radical (unpaired) electrons. The lowest BCUT2D eigenvalue weighted by molar-refractivity contribution is -0.121. The van der Waals surface area contributed by atoms with E-state index < -0.39 is 0 Å². The molecule has 0 spiro atoms. The quantitative estimate of drug-likeness (QED) is 0.356. The van der Waals surface area contributed by atoms with Crippen LogP contribution in [0.1, 0.15) is 40.5 Å². The van der Waals surface area contributed by atoms with E-state index in [2.05, 4.69) is 41.7 Å². The minimum absolute atomic E-state index is 0. The van der Waals surface area contributed by atoms with Crippen LogP contribution in [0.2, 0.25) is 0 Å². The van der Waals surface area contributed by atoms with Gasteiger partial charge in [0.25, 0.3) is 0 Å². The Morgan fingerprint density at radius 1 is 1.21 bits per heavy atom. The maximum absolute atomic E-state index is 11.5. The van der Waals surface area contributed by atoms with Crippen LogP contribution in [-0.2, 0) is 4.79 Å². The molecule has 0 aliphatic heterocycles. The molecular formula is C13H29IN4O. The number of rotatable bonds is 7. The maximum Gasteiger partial charge on any atom is 0.221 e.